The maximum Gasteiger partial charge on any atom is 0.346 e. The summed E-state index contributed by atoms with van der Waals surface area (Å²) in [6.07, 6.45) is 0.937. The number of hydrogen-bond acceptors (Lipinski definition) is 4. The van der Waals surface area contributed by atoms with Crippen molar-refractivity contribution in [3.8, 4) is 0 Å². The summed E-state index contributed by atoms with van der Waals surface area (Å²) >= 11 is 1.27. The highest BCUT2D eigenvalue weighted by molar-refractivity contribution is 7.12. The van der Waals surface area contributed by atoms with Gasteiger partial charge in [-0.3, -0.25) is 9.69 Å². The molecule has 1 aliphatic rings. The quantitative estimate of drug-likeness (QED) is 0.912. The molecule has 1 aromatic rings. The van der Waals surface area contributed by atoms with Crippen LogP contribution < -0.4 is 0 Å². The minimum absolute atomic E-state index is 0.114. The van der Waals surface area contributed by atoms with Gasteiger partial charge in [0.05, 0.1) is 0 Å². The number of hydrogen-bond donors (Lipinski definition) is 1. The van der Waals surface area contributed by atoms with Crippen molar-refractivity contribution in [3.63, 3.8) is 0 Å². The molecular formula is C13H18N2O3S. The second-order valence-corrected chi connectivity index (χ2v) is 5.63. The van der Waals surface area contributed by atoms with Crippen LogP contribution in [-0.4, -0.2) is 53.0 Å². The van der Waals surface area contributed by atoms with Gasteiger partial charge in [-0.15, -0.1) is 11.3 Å². The summed E-state index contributed by atoms with van der Waals surface area (Å²) in [5.41, 5.74) is 0.869. The van der Waals surface area contributed by atoms with Crippen LogP contribution >= 0.6 is 11.3 Å². The van der Waals surface area contributed by atoms with Gasteiger partial charge in [0, 0.05) is 39.6 Å². The fourth-order valence-corrected chi connectivity index (χ4v) is 3.09. The summed E-state index contributed by atoms with van der Waals surface area (Å²) in [5, 5.41) is 10.9. The Morgan fingerprint density at radius 3 is 2.79 bits per heavy atom. The van der Waals surface area contributed by atoms with Crippen LogP contribution in [0, 0.1) is 0 Å². The molecule has 5 nitrogen and oxygen atoms in total. The van der Waals surface area contributed by atoms with Crippen molar-refractivity contribution in [2.24, 2.45) is 0 Å². The van der Waals surface area contributed by atoms with Gasteiger partial charge in [0.1, 0.15) is 4.88 Å². The van der Waals surface area contributed by atoms with E-state index in [0.717, 1.165) is 38.2 Å². The van der Waals surface area contributed by atoms with Crippen molar-refractivity contribution in [1.29, 1.82) is 0 Å². The Morgan fingerprint density at radius 1 is 1.32 bits per heavy atom. The molecule has 0 atom stereocenters. The van der Waals surface area contributed by atoms with E-state index in [9.17, 15) is 9.59 Å². The standard InChI is InChI=1S/C13H18N2O3S/c1-10(16)15-5-2-4-14(6-7-15)9-11-3-8-19-12(11)13(17)18/h3,8H,2,4-7,9H2,1H3,(H,17,18). The minimum Gasteiger partial charge on any atom is -0.477 e. The summed E-state index contributed by atoms with van der Waals surface area (Å²) in [7, 11) is 0. The van der Waals surface area contributed by atoms with Crippen LogP contribution in [0.25, 0.3) is 0 Å². The average Bonchev–Trinajstić information content (AvgIpc) is 2.67. The molecule has 2 rings (SSSR count). The Labute approximate surface area is 116 Å². The molecule has 6 heteroatoms. The molecular weight excluding hydrogens is 264 g/mol. The van der Waals surface area contributed by atoms with Crippen molar-refractivity contribution in [1.82, 2.24) is 9.80 Å². The molecule has 1 saturated heterocycles. The Balaban J connectivity index is 1.98. The molecule has 0 bridgehead atoms. The van der Waals surface area contributed by atoms with E-state index in [1.165, 1.54) is 11.3 Å². The molecule has 2 heterocycles. The van der Waals surface area contributed by atoms with Gasteiger partial charge in [-0.25, -0.2) is 4.79 Å². The van der Waals surface area contributed by atoms with E-state index >= 15 is 0 Å². The van der Waals surface area contributed by atoms with Crippen LogP contribution in [0.5, 0.6) is 0 Å². The van der Waals surface area contributed by atoms with Gasteiger partial charge in [-0.1, -0.05) is 0 Å². The minimum atomic E-state index is -0.856. The smallest absolute Gasteiger partial charge is 0.346 e. The topological polar surface area (TPSA) is 60.9 Å². The lowest BCUT2D eigenvalue weighted by molar-refractivity contribution is -0.128. The largest absolute Gasteiger partial charge is 0.477 e. The molecule has 0 saturated carbocycles. The van der Waals surface area contributed by atoms with Crippen molar-refractivity contribution in [2.75, 3.05) is 26.2 Å². The third kappa shape index (κ3) is 3.54. The third-order valence-corrected chi connectivity index (χ3v) is 4.31. The number of amides is 1. The second kappa shape index (κ2) is 6.16. The van der Waals surface area contributed by atoms with Gasteiger partial charge >= 0.3 is 5.97 Å². The highest BCUT2D eigenvalue weighted by Gasteiger charge is 2.19. The van der Waals surface area contributed by atoms with Crippen LogP contribution in [0.2, 0.25) is 0 Å². The molecule has 0 spiro atoms. The van der Waals surface area contributed by atoms with E-state index in [1.54, 1.807) is 6.92 Å². The lowest BCUT2D eigenvalue weighted by Crippen LogP contribution is -2.33. The molecule has 0 aromatic carbocycles. The number of rotatable bonds is 3. The summed E-state index contributed by atoms with van der Waals surface area (Å²) in [6, 6.07) is 1.88. The number of carboxylic acid groups (broad SMARTS) is 1. The van der Waals surface area contributed by atoms with Gasteiger partial charge in [0.2, 0.25) is 5.91 Å². The van der Waals surface area contributed by atoms with Gasteiger partial charge in [-0.05, 0) is 23.4 Å². The Morgan fingerprint density at radius 2 is 2.11 bits per heavy atom. The average molecular weight is 282 g/mol. The van der Waals surface area contributed by atoms with Crippen LogP contribution in [0.3, 0.4) is 0 Å². The van der Waals surface area contributed by atoms with E-state index in [2.05, 4.69) is 4.90 Å². The SMILES string of the molecule is CC(=O)N1CCCN(Cc2ccsc2C(=O)O)CC1. The summed E-state index contributed by atoms with van der Waals surface area (Å²) < 4.78 is 0. The summed E-state index contributed by atoms with van der Waals surface area (Å²) in [5.74, 6) is -0.742. The van der Waals surface area contributed by atoms with Crippen LogP contribution in [0.15, 0.2) is 11.4 Å². The van der Waals surface area contributed by atoms with Crippen molar-refractivity contribution in [2.45, 2.75) is 19.9 Å². The second-order valence-electron chi connectivity index (χ2n) is 4.72. The first-order valence-corrected chi connectivity index (χ1v) is 7.23. The van der Waals surface area contributed by atoms with E-state index in [0.29, 0.717) is 11.4 Å². The maximum absolute atomic E-state index is 11.4. The number of nitrogens with zero attached hydrogens (tertiary/aromatic N) is 2. The molecule has 0 unspecified atom stereocenters. The van der Waals surface area contributed by atoms with Gasteiger partial charge in [0.15, 0.2) is 0 Å². The normalized spacial score (nSPS) is 17.2. The van der Waals surface area contributed by atoms with E-state index < -0.39 is 5.97 Å². The first-order chi connectivity index (χ1) is 9.08. The zero-order valence-electron chi connectivity index (χ0n) is 11.0. The van der Waals surface area contributed by atoms with Crippen LogP contribution in [0.4, 0.5) is 0 Å². The predicted molar refractivity (Wildman–Crippen MR) is 73.4 cm³/mol. The lowest BCUT2D eigenvalue weighted by atomic mass is 10.2. The van der Waals surface area contributed by atoms with Crippen LogP contribution in [0.1, 0.15) is 28.6 Å². The molecule has 1 N–H and O–H groups in total. The number of thiophene rings is 1. The van der Waals surface area contributed by atoms with Crippen LogP contribution in [-0.2, 0) is 11.3 Å². The third-order valence-electron chi connectivity index (χ3n) is 3.37. The summed E-state index contributed by atoms with van der Waals surface area (Å²) in [4.78, 5) is 26.9. The van der Waals surface area contributed by atoms with Crippen molar-refractivity contribution in [3.05, 3.63) is 21.9 Å². The molecule has 1 amide bonds. The van der Waals surface area contributed by atoms with Crippen molar-refractivity contribution >= 4 is 23.2 Å². The first-order valence-electron chi connectivity index (χ1n) is 6.35. The van der Waals surface area contributed by atoms with E-state index in [1.807, 2.05) is 16.3 Å². The van der Waals surface area contributed by atoms with E-state index in [-0.39, 0.29) is 5.91 Å². The number of carbonyl (C=O) groups is 2. The zero-order valence-corrected chi connectivity index (χ0v) is 11.8. The maximum atomic E-state index is 11.4. The Hall–Kier alpha value is -1.40. The zero-order chi connectivity index (χ0) is 13.8. The highest BCUT2D eigenvalue weighted by Crippen LogP contribution is 2.19. The lowest BCUT2D eigenvalue weighted by Gasteiger charge is -2.20. The molecule has 1 aliphatic heterocycles. The molecule has 0 aliphatic carbocycles. The van der Waals surface area contributed by atoms with Crippen molar-refractivity contribution < 1.29 is 14.7 Å². The monoisotopic (exact) mass is 282 g/mol. The number of carboxylic acids is 1. The fourth-order valence-electron chi connectivity index (χ4n) is 2.33. The fraction of sp³-hybridized carbons (Fsp3) is 0.538. The van der Waals surface area contributed by atoms with E-state index in [4.69, 9.17) is 5.11 Å². The van der Waals surface area contributed by atoms with Gasteiger partial charge < -0.3 is 10.0 Å². The summed E-state index contributed by atoms with van der Waals surface area (Å²) in [6.45, 7) is 5.46. The molecule has 1 fully saturated rings. The predicted octanol–water partition coefficient (Wildman–Crippen LogP) is 1.50. The molecule has 104 valence electrons. The number of aromatic carboxylic acids is 1. The van der Waals surface area contributed by atoms with Gasteiger partial charge in [0.25, 0.3) is 0 Å². The molecule has 19 heavy (non-hydrogen) atoms. The number of carbonyl (C=O) groups excluding carboxylic acids is 1. The molecule has 0 radical (unpaired) electrons. The highest BCUT2D eigenvalue weighted by atomic mass is 32.1. The Bertz CT molecular complexity index is 472. The first kappa shape index (κ1) is 14.0. The Kier molecular flexibility index (Phi) is 4.55. The molecule has 1 aromatic heterocycles. The van der Waals surface area contributed by atoms with Gasteiger partial charge in [-0.2, -0.15) is 0 Å².